The van der Waals surface area contributed by atoms with Gasteiger partial charge in [-0.1, -0.05) is 6.07 Å². The number of nitrogen functional groups attached to an aromatic ring is 1. The Bertz CT molecular complexity index is 630. The predicted molar refractivity (Wildman–Crippen MR) is 76.4 cm³/mol. The highest BCUT2D eigenvalue weighted by molar-refractivity contribution is 7.14. The van der Waals surface area contributed by atoms with Crippen LogP contribution in [0.25, 0.3) is 0 Å². The van der Waals surface area contributed by atoms with Gasteiger partial charge in [-0.2, -0.15) is 0 Å². The number of aryl methyl sites for hydroxylation is 1. The van der Waals surface area contributed by atoms with Gasteiger partial charge in [-0.25, -0.2) is 0 Å². The molecule has 1 aromatic carbocycles. The molecule has 0 bridgehead atoms. The first-order valence-corrected chi connectivity index (χ1v) is 6.36. The largest absolute Gasteiger partial charge is 0.398 e. The highest BCUT2D eigenvalue weighted by Crippen LogP contribution is 2.24. The number of rotatable bonds is 3. The fraction of sp³-hybridized carbons (Fsp3) is 0.0769. The fourth-order valence-electron chi connectivity index (χ4n) is 1.55. The Morgan fingerprint density at radius 1 is 1.26 bits per heavy atom. The molecule has 0 saturated carbocycles. The minimum absolute atomic E-state index is 0.258. The summed E-state index contributed by atoms with van der Waals surface area (Å²) in [6.07, 6.45) is 0. The summed E-state index contributed by atoms with van der Waals surface area (Å²) in [6, 6.07) is 8.10. The van der Waals surface area contributed by atoms with Gasteiger partial charge in [-0.3, -0.25) is 9.59 Å². The molecule has 2 aromatic rings. The van der Waals surface area contributed by atoms with Gasteiger partial charge in [0.25, 0.3) is 5.91 Å². The van der Waals surface area contributed by atoms with Crippen molar-refractivity contribution in [1.82, 2.24) is 0 Å². The first-order chi connectivity index (χ1) is 8.97. The summed E-state index contributed by atoms with van der Waals surface area (Å²) >= 11 is 1.32. The quantitative estimate of drug-likeness (QED) is 0.798. The predicted octanol–water partition coefficient (Wildman–Crippen LogP) is 1.99. The molecule has 0 aliphatic rings. The van der Waals surface area contributed by atoms with Gasteiger partial charge in [-0.15, -0.1) is 11.3 Å². The standard InChI is InChI=1S/C13H13N3O2S/c1-7-10(14)6-11(19-7)13(18)16-9-4-2-3-8(5-9)12(15)17/h2-6H,14H2,1H3,(H2,15,17)(H,16,18). The lowest BCUT2D eigenvalue weighted by Crippen LogP contribution is -2.13. The van der Waals surface area contributed by atoms with Crippen molar-refractivity contribution in [3.8, 4) is 0 Å². The van der Waals surface area contributed by atoms with Gasteiger partial charge in [-0.05, 0) is 31.2 Å². The number of carbonyl (C=O) groups excluding carboxylic acids is 2. The molecular weight excluding hydrogens is 262 g/mol. The van der Waals surface area contributed by atoms with Crippen molar-refractivity contribution in [3.63, 3.8) is 0 Å². The van der Waals surface area contributed by atoms with Crippen molar-refractivity contribution in [1.29, 1.82) is 0 Å². The third kappa shape index (κ3) is 2.92. The Labute approximate surface area is 114 Å². The molecule has 2 amide bonds. The van der Waals surface area contributed by atoms with Crippen LogP contribution in [0.2, 0.25) is 0 Å². The van der Waals surface area contributed by atoms with Crippen LogP contribution in [0.3, 0.4) is 0 Å². The molecule has 5 N–H and O–H groups in total. The molecule has 0 spiro atoms. The molecule has 0 saturated heterocycles. The number of thiophene rings is 1. The second-order valence-electron chi connectivity index (χ2n) is 4.02. The molecule has 19 heavy (non-hydrogen) atoms. The number of nitrogens with one attached hydrogen (secondary N) is 1. The summed E-state index contributed by atoms with van der Waals surface area (Å²) in [5, 5.41) is 2.70. The third-order valence-electron chi connectivity index (χ3n) is 2.58. The zero-order valence-corrected chi connectivity index (χ0v) is 11.1. The highest BCUT2D eigenvalue weighted by atomic mass is 32.1. The van der Waals surface area contributed by atoms with E-state index in [1.165, 1.54) is 17.4 Å². The summed E-state index contributed by atoms with van der Waals surface area (Å²) in [7, 11) is 0. The molecule has 0 atom stereocenters. The molecular formula is C13H13N3O2S. The van der Waals surface area contributed by atoms with E-state index >= 15 is 0 Å². The van der Waals surface area contributed by atoms with E-state index in [1.807, 2.05) is 6.92 Å². The van der Waals surface area contributed by atoms with Gasteiger partial charge in [0.05, 0.1) is 4.88 Å². The zero-order chi connectivity index (χ0) is 14.0. The number of carbonyl (C=O) groups is 2. The monoisotopic (exact) mass is 275 g/mol. The van der Waals surface area contributed by atoms with Crippen LogP contribution in [0.1, 0.15) is 24.9 Å². The van der Waals surface area contributed by atoms with E-state index in [0.29, 0.717) is 21.8 Å². The second kappa shape index (κ2) is 5.11. The van der Waals surface area contributed by atoms with Crippen LogP contribution >= 0.6 is 11.3 Å². The molecule has 0 aliphatic carbocycles. The van der Waals surface area contributed by atoms with Crippen molar-refractivity contribution in [2.75, 3.05) is 11.1 Å². The molecule has 1 heterocycles. The lowest BCUT2D eigenvalue weighted by atomic mass is 10.2. The number of primary amides is 1. The molecule has 0 unspecified atom stereocenters. The molecule has 6 heteroatoms. The van der Waals surface area contributed by atoms with E-state index in [2.05, 4.69) is 5.32 Å². The topological polar surface area (TPSA) is 98.2 Å². The van der Waals surface area contributed by atoms with E-state index < -0.39 is 5.91 Å². The van der Waals surface area contributed by atoms with Gasteiger partial charge >= 0.3 is 0 Å². The minimum Gasteiger partial charge on any atom is -0.398 e. The van der Waals surface area contributed by atoms with Crippen molar-refractivity contribution >= 4 is 34.5 Å². The average molecular weight is 275 g/mol. The van der Waals surface area contributed by atoms with Gasteiger partial charge < -0.3 is 16.8 Å². The molecule has 0 fully saturated rings. The van der Waals surface area contributed by atoms with Crippen LogP contribution in [0.15, 0.2) is 30.3 Å². The van der Waals surface area contributed by atoms with Crippen molar-refractivity contribution in [3.05, 3.63) is 45.6 Å². The maximum absolute atomic E-state index is 12.0. The number of hydrogen-bond acceptors (Lipinski definition) is 4. The van der Waals surface area contributed by atoms with Crippen molar-refractivity contribution in [2.24, 2.45) is 5.73 Å². The second-order valence-corrected chi connectivity index (χ2v) is 5.28. The summed E-state index contributed by atoms with van der Waals surface area (Å²) < 4.78 is 0. The van der Waals surface area contributed by atoms with Gasteiger partial charge in [0.15, 0.2) is 0 Å². The lowest BCUT2D eigenvalue weighted by Gasteiger charge is -2.04. The maximum Gasteiger partial charge on any atom is 0.265 e. The van der Waals surface area contributed by atoms with Gasteiger partial charge in [0, 0.05) is 21.8 Å². The number of anilines is 2. The maximum atomic E-state index is 12.0. The molecule has 0 radical (unpaired) electrons. The normalized spacial score (nSPS) is 10.2. The number of hydrogen-bond donors (Lipinski definition) is 3. The first-order valence-electron chi connectivity index (χ1n) is 5.54. The lowest BCUT2D eigenvalue weighted by molar-refractivity contribution is 0.0996. The van der Waals surface area contributed by atoms with Gasteiger partial charge in [0.2, 0.25) is 5.91 Å². The van der Waals surface area contributed by atoms with Gasteiger partial charge in [0.1, 0.15) is 0 Å². The fourth-order valence-corrected chi connectivity index (χ4v) is 2.39. The van der Waals surface area contributed by atoms with Crippen LogP contribution in [-0.4, -0.2) is 11.8 Å². The van der Waals surface area contributed by atoms with E-state index in [4.69, 9.17) is 11.5 Å². The summed E-state index contributed by atoms with van der Waals surface area (Å²) in [5.41, 5.74) is 12.4. The van der Waals surface area contributed by atoms with Crippen LogP contribution < -0.4 is 16.8 Å². The van der Waals surface area contributed by atoms with E-state index in [1.54, 1.807) is 24.3 Å². The third-order valence-corrected chi connectivity index (χ3v) is 3.65. The van der Waals surface area contributed by atoms with E-state index in [-0.39, 0.29) is 5.91 Å². The van der Waals surface area contributed by atoms with E-state index in [9.17, 15) is 9.59 Å². The summed E-state index contributed by atoms with van der Waals surface area (Å²) in [5.74, 6) is -0.793. The SMILES string of the molecule is Cc1sc(C(=O)Nc2cccc(C(N)=O)c2)cc1N. The minimum atomic E-state index is -0.535. The molecule has 98 valence electrons. The Kier molecular flexibility index (Phi) is 3.52. The average Bonchev–Trinajstić information content (AvgIpc) is 2.70. The smallest absolute Gasteiger partial charge is 0.265 e. The van der Waals surface area contributed by atoms with Crippen LogP contribution in [-0.2, 0) is 0 Å². The number of benzene rings is 1. The Hall–Kier alpha value is -2.34. The Morgan fingerprint density at radius 2 is 2.00 bits per heavy atom. The summed E-state index contributed by atoms with van der Waals surface area (Å²) in [6.45, 7) is 1.85. The summed E-state index contributed by atoms with van der Waals surface area (Å²) in [4.78, 5) is 24.5. The Balaban J connectivity index is 2.19. The zero-order valence-electron chi connectivity index (χ0n) is 10.3. The first kappa shape index (κ1) is 13.1. The molecule has 1 aromatic heterocycles. The Morgan fingerprint density at radius 3 is 2.58 bits per heavy atom. The van der Waals surface area contributed by atoms with Crippen molar-refractivity contribution in [2.45, 2.75) is 6.92 Å². The van der Waals surface area contributed by atoms with Crippen molar-refractivity contribution < 1.29 is 9.59 Å². The molecule has 5 nitrogen and oxygen atoms in total. The number of amides is 2. The van der Waals surface area contributed by atoms with Crippen LogP contribution in [0.4, 0.5) is 11.4 Å². The van der Waals surface area contributed by atoms with Crippen LogP contribution in [0.5, 0.6) is 0 Å². The van der Waals surface area contributed by atoms with Crippen LogP contribution in [0, 0.1) is 6.92 Å². The number of nitrogens with two attached hydrogens (primary N) is 2. The molecule has 0 aliphatic heterocycles. The van der Waals surface area contributed by atoms with E-state index in [0.717, 1.165) is 4.88 Å². The molecule has 2 rings (SSSR count). The highest BCUT2D eigenvalue weighted by Gasteiger charge is 2.11.